The van der Waals surface area contributed by atoms with Crippen molar-refractivity contribution in [3.05, 3.63) is 23.7 Å². The first kappa shape index (κ1) is 9.64. The van der Waals surface area contributed by atoms with Crippen molar-refractivity contribution in [3.8, 4) is 0 Å². The lowest BCUT2D eigenvalue weighted by atomic mass is 10.1. The molecule has 78 valence electrons. The number of aliphatic carboxylic acids is 1. The number of carboxylic acids is 1. The fourth-order valence-corrected chi connectivity index (χ4v) is 1.36. The minimum atomic E-state index is -0.813. The monoisotopic (exact) mass is 206 g/mol. The van der Waals surface area contributed by atoms with Gasteiger partial charge < -0.3 is 9.52 Å². The Hall–Kier alpha value is -1.91. The number of aromatic nitrogens is 2. The Morgan fingerprint density at radius 2 is 2.40 bits per heavy atom. The molecule has 0 radical (unpaired) electrons. The van der Waals surface area contributed by atoms with Crippen molar-refractivity contribution in [1.82, 2.24) is 9.97 Å². The van der Waals surface area contributed by atoms with Gasteiger partial charge in [-0.25, -0.2) is 9.97 Å². The van der Waals surface area contributed by atoms with Gasteiger partial charge in [0.15, 0.2) is 5.89 Å². The fraction of sp³-hybridized carbons (Fsp3) is 0.300. The molecular weight excluding hydrogens is 196 g/mol. The van der Waals surface area contributed by atoms with Crippen LogP contribution in [0.1, 0.15) is 17.9 Å². The minimum Gasteiger partial charge on any atom is -0.481 e. The second-order valence-electron chi connectivity index (χ2n) is 3.29. The van der Waals surface area contributed by atoms with Crippen LogP contribution in [0.5, 0.6) is 0 Å². The van der Waals surface area contributed by atoms with Crippen LogP contribution in [0.15, 0.2) is 16.7 Å². The van der Waals surface area contributed by atoms with E-state index < -0.39 is 5.97 Å². The molecule has 0 spiro atoms. The molecule has 2 aromatic rings. The van der Waals surface area contributed by atoms with Crippen molar-refractivity contribution in [2.24, 2.45) is 0 Å². The summed E-state index contributed by atoms with van der Waals surface area (Å²) in [6.45, 7) is 1.75. The largest absolute Gasteiger partial charge is 0.481 e. The zero-order valence-electron chi connectivity index (χ0n) is 8.23. The van der Waals surface area contributed by atoms with Crippen LogP contribution < -0.4 is 0 Å². The van der Waals surface area contributed by atoms with E-state index >= 15 is 0 Å². The number of nitrogens with zero attached hydrogens (tertiary/aromatic N) is 2. The molecule has 0 bridgehead atoms. The molecule has 0 fully saturated rings. The third kappa shape index (κ3) is 2.12. The van der Waals surface area contributed by atoms with Gasteiger partial charge in [0.2, 0.25) is 5.71 Å². The maximum absolute atomic E-state index is 10.4. The maximum Gasteiger partial charge on any atom is 0.303 e. The third-order valence-corrected chi connectivity index (χ3v) is 2.04. The molecule has 0 saturated carbocycles. The van der Waals surface area contributed by atoms with E-state index in [9.17, 15) is 4.79 Å². The number of pyridine rings is 1. The number of oxazole rings is 1. The first-order valence-electron chi connectivity index (χ1n) is 4.59. The van der Waals surface area contributed by atoms with Gasteiger partial charge in [0.25, 0.3) is 0 Å². The smallest absolute Gasteiger partial charge is 0.303 e. The van der Waals surface area contributed by atoms with Crippen LogP contribution in [0.3, 0.4) is 0 Å². The predicted octanol–water partition coefficient (Wildman–Crippen LogP) is 1.55. The number of hydrogen-bond donors (Lipinski definition) is 1. The Labute approximate surface area is 85.8 Å². The van der Waals surface area contributed by atoms with Crippen molar-refractivity contribution < 1.29 is 14.3 Å². The van der Waals surface area contributed by atoms with Crippen LogP contribution in [0.2, 0.25) is 0 Å². The zero-order valence-corrected chi connectivity index (χ0v) is 8.23. The first-order chi connectivity index (χ1) is 7.15. The molecule has 0 atom stereocenters. The number of carboxylic acid groups (broad SMARTS) is 1. The normalized spacial score (nSPS) is 10.7. The van der Waals surface area contributed by atoms with Crippen LogP contribution in [0.25, 0.3) is 11.2 Å². The van der Waals surface area contributed by atoms with Gasteiger partial charge in [-0.1, -0.05) is 0 Å². The molecule has 15 heavy (non-hydrogen) atoms. The molecule has 0 aliphatic rings. The standard InChI is InChI=1S/C10H10N2O3/c1-6-12-8-4-7(2-3-9(13)14)5-11-10(8)15-6/h4-5H,2-3H2,1H3,(H,13,14). The lowest BCUT2D eigenvalue weighted by molar-refractivity contribution is -0.136. The lowest BCUT2D eigenvalue weighted by Gasteiger charge is -1.96. The van der Waals surface area contributed by atoms with Crippen LogP contribution in [-0.4, -0.2) is 21.0 Å². The number of rotatable bonds is 3. The van der Waals surface area contributed by atoms with Crippen LogP contribution >= 0.6 is 0 Å². The molecule has 2 rings (SSSR count). The molecule has 0 saturated heterocycles. The van der Waals surface area contributed by atoms with E-state index in [-0.39, 0.29) is 6.42 Å². The SMILES string of the molecule is Cc1nc2cc(CCC(=O)O)cnc2o1. The molecule has 0 aliphatic heterocycles. The van der Waals surface area contributed by atoms with E-state index in [1.807, 2.05) is 6.07 Å². The summed E-state index contributed by atoms with van der Waals surface area (Å²) in [4.78, 5) is 18.6. The second kappa shape index (κ2) is 3.68. The van der Waals surface area contributed by atoms with Gasteiger partial charge in [-0.15, -0.1) is 0 Å². The molecule has 0 unspecified atom stereocenters. The highest BCUT2D eigenvalue weighted by molar-refractivity contribution is 5.70. The molecule has 1 N–H and O–H groups in total. The molecule has 2 heterocycles. The van der Waals surface area contributed by atoms with Crippen molar-refractivity contribution in [1.29, 1.82) is 0 Å². The number of aryl methyl sites for hydroxylation is 2. The average molecular weight is 206 g/mol. The second-order valence-corrected chi connectivity index (χ2v) is 3.29. The fourth-order valence-electron chi connectivity index (χ4n) is 1.36. The van der Waals surface area contributed by atoms with E-state index in [1.165, 1.54) is 0 Å². The molecule has 2 aromatic heterocycles. The van der Waals surface area contributed by atoms with Crippen molar-refractivity contribution in [2.75, 3.05) is 0 Å². The van der Waals surface area contributed by atoms with Gasteiger partial charge in [0, 0.05) is 19.5 Å². The number of fused-ring (bicyclic) bond motifs is 1. The van der Waals surface area contributed by atoms with E-state index in [1.54, 1.807) is 13.1 Å². The first-order valence-corrected chi connectivity index (χ1v) is 4.59. The quantitative estimate of drug-likeness (QED) is 0.824. The molecule has 0 aliphatic carbocycles. The van der Waals surface area contributed by atoms with E-state index in [0.29, 0.717) is 23.5 Å². The van der Waals surface area contributed by atoms with Gasteiger partial charge in [0.05, 0.1) is 0 Å². The predicted molar refractivity (Wildman–Crippen MR) is 52.5 cm³/mol. The van der Waals surface area contributed by atoms with Crippen LogP contribution in [0, 0.1) is 6.92 Å². The lowest BCUT2D eigenvalue weighted by Crippen LogP contribution is -1.97. The van der Waals surface area contributed by atoms with Crippen LogP contribution in [0.4, 0.5) is 0 Å². The summed E-state index contributed by atoms with van der Waals surface area (Å²) in [5.41, 5.74) is 2.03. The van der Waals surface area contributed by atoms with Crippen molar-refractivity contribution in [2.45, 2.75) is 19.8 Å². The summed E-state index contributed by atoms with van der Waals surface area (Å²) in [7, 11) is 0. The Morgan fingerprint density at radius 3 is 3.13 bits per heavy atom. The van der Waals surface area contributed by atoms with Crippen LogP contribution in [-0.2, 0) is 11.2 Å². The van der Waals surface area contributed by atoms with E-state index in [4.69, 9.17) is 9.52 Å². The van der Waals surface area contributed by atoms with Gasteiger partial charge >= 0.3 is 5.97 Å². The Morgan fingerprint density at radius 1 is 1.60 bits per heavy atom. The Bertz CT molecular complexity index is 504. The summed E-state index contributed by atoms with van der Waals surface area (Å²) < 4.78 is 5.21. The molecule has 5 nitrogen and oxygen atoms in total. The van der Waals surface area contributed by atoms with E-state index in [2.05, 4.69) is 9.97 Å². The maximum atomic E-state index is 10.4. The van der Waals surface area contributed by atoms with Gasteiger partial charge in [-0.3, -0.25) is 4.79 Å². The minimum absolute atomic E-state index is 0.101. The highest BCUT2D eigenvalue weighted by atomic mass is 16.4. The highest BCUT2D eigenvalue weighted by Gasteiger charge is 2.05. The van der Waals surface area contributed by atoms with Gasteiger partial charge in [-0.2, -0.15) is 0 Å². The topological polar surface area (TPSA) is 76.2 Å². The molecule has 0 amide bonds. The highest BCUT2D eigenvalue weighted by Crippen LogP contribution is 2.14. The molecular formula is C10H10N2O3. The number of carbonyl (C=O) groups is 1. The summed E-state index contributed by atoms with van der Waals surface area (Å²) in [5, 5.41) is 8.54. The summed E-state index contributed by atoms with van der Waals surface area (Å²) in [5.74, 6) is -0.251. The van der Waals surface area contributed by atoms with Crippen molar-refractivity contribution >= 4 is 17.2 Å². The van der Waals surface area contributed by atoms with E-state index in [0.717, 1.165) is 5.56 Å². The average Bonchev–Trinajstić information content (AvgIpc) is 2.53. The summed E-state index contributed by atoms with van der Waals surface area (Å²) >= 11 is 0. The zero-order chi connectivity index (χ0) is 10.8. The Balaban J connectivity index is 2.26. The summed E-state index contributed by atoms with van der Waals surface area (Å²) in [6.07, 6.45) is 2.18. The third-order valence-electron chi connectivity index (χ3n) is 2.04. The Kier molecular flexibility index (Phi) is 2.37. The molecule has 0 aromatic carbocycles. The summed E-state index contributed by atoms with van der Waals surface area (Å²) in [6, 6.07) is 1.81. The van der Waals surface area contributed by atoms with Gasteiger partial charge in [0.1, 0.15) is 5.52 Å². The number of hydrogen-bond acceptors (Lipinski definition) is 4. The molecule has 5 heteroatoms. The van der Waals surface area contributed by atoms with Crippen molar-refractivity contribution in [3.63, 3.8) is 0 Å². The van der Waals surface area contributed by atoms with Gasteiger partial charge in [-0.05, 0) is 18.1 Å².